The molecule has 0 aliphatic carbocycles. The zero-order valence-corrected chi connectivity index (χ0v) is 8.68. The van der Waals surface area contributed by atoms with E-state index in [-0.39, 0.29) is 0 Å². The molecule has 0 amide bonds. The molecule has 76 valence electrons. The Morgan fingerprint density at radius 2 is 2.31 bits per heavy atom. The lowest BCUT2D eigenvalue weighted by molar-refractivity contribution is 0.0495. The second-order valence-electron chi connectivity index (χ2n) is 3.75. The molecule has 0 aromatic rings. The lowest BCUT2D eigenvalue weighted by atomic mass is 9.84. The molecule has 13 heavy (non-hydrogen) atoms. The second kappa shape index (κ2) is 4.66. The lowest BCUT2D eigenvalue weighted by Gasteiger charge is -2.31. The normalized spacial score (nSPS) is 21.6. The maximum Gasteiger partial charge on any atom is 0.0886 e. The molecular formula is C11H20O2. The summed E-state index contributed by atoms with van der Waals surface area (Å²) in [5, 5.41) is 10.3. The predicted molar refractivity (Wildman–Crippen MR) is 53.4 cm³/mol. The third-order valence-electron chi connectivity index (χ3n) is 2.78. The van der Waals surface area contributed by atoms with E-state index in [0.717, 1.165) is 44.3 Å². The van der Waals surface area contributed by atoms with E-state index in [2.05, 4.69) is 6.92 Å². The van der Waals surface area contributed by atoms with Crippen molar-refractivity contribution in [1.29, 1.82) is 0 Å². The van der Waals surface area contributed by atoms with Crippen molar-refractivity contribution in [2.45, 2.75) is 51.6 Å². The van der Waals surface area contributed by atoms with Crippen LogP contribution in [-0.4, -0.2) is 17.3 Å². The molecule has 2 nitrogen and oxygen atoms in total. The van der Waals surface area contributed by atoms with Crippen molar-refractivity contribution >= 4 is 0 Å². The Morgan fingerprint density at radius 3 is 2.77 bits per heavy atom. The highest BCUT2D eigenvalue weighted by molar-refractivity contribution is 5.15. The maximum absolute atomic E-state index is 10.3. The van der Waals surface area contributed by atoms with E-state index in [1.807, 2.05) is 6.92 Å². The van der Waals surface area contributed by atoms with Crippen LogP contribution in [0.5, 0.6) is 0 Å². The minimum atomic E-state index is -0.602. The molecule has 0 fully saturated rings. The first-order chi connectivity index (χ1) is 6.23. The summed E-state index contributed by atoms with van der Waals surface area (Å²) in [5.74, 6) is 0. The monoisotopic (exact) mass is 184 g/mol. The van der Waals surface area contributed by atoms with E-state index >= 15 is 0 Å². The van der Waals surface area contributed by atoms with Crippen molar-refractivity contribution in [3.8, 4) is 0 Å². The van der Waals surface area contributed by atoms with Crippen LogP contribution < -0.4 is 0 Å². The van der Waals surface area contributed by atoms with Gasteiger partial charge in [-0.15, -0.1) is 0 Å². The molecule has 1 atom stereocenters. The Morgan fingerprint density at radius 1 is 1.54 bits per heavy atom. The molecule has 0 saturated carbocycles. The highest BCUT2D eigenvalue weighted by atomic mass is 16.5. The van der Waals surface area contributed by atoms with Crippen molar-refractivity contribution in [2.75, 3.05) is 6.61 Å². The van der Waals surface area contributed by atoms with E-state index in [9.17, 15) is 5.11 Å². The minimum Gasteiger partial charge on any atom is -0.501 e. The molecule has 2 heteroatoms. The van der Waals surface area contributed by atoms with Gasteiger partial charge < -0.3 is 9.84 Å². The molecule has 1 N–H and O–H groups in total. The molecule has 0 bridgehead atoms. The highest BCUT2D eigenvalue weighted by Gasteiger charge is 2.29. The van der Waals surface area contributed by atoms with Crippen molar-refractivity contribution in [1.82, 2.24) is 0 Å². The van der Waals surface area contributed by atoms with Crippen LogP contribution >= 0.6 is 0 Å². The standard InChI is InChI=1S/C11H20O2/c1-3-7-11(12,4-2)10-6-5-8-13-9-10/h9,12H,3-8H2,1-2H3. The summed E-state index contributed by atoms with van der Waals surface area (Å²) in [6.07, 6.45) is 6.45. The molecule has 1 rings (SSSR count). The molecule has 0 aromatic heterocycles. The summed E-state index contributed by atoms with van der Waals surface area (Å²) in [4.78, 5) is 0. The van der Waals surface area contributed by atoms with Crippen molar-refractivity contribution < 1.29 is 9.84 Å². The summed E-state index contributed by atoms with van der Waals surface area (Å²) in [6.45, 7) is 4.94. The molecule has 1 aliphatic rings. The summed E-state index contributed by atoms with van der Waals surface area (Å²) in [6, 6.07) is 0. The summed E-state index contributed by atoms with van der Waals surface area (Å²) in [7, 11) is 0. The van der Waals surface area contributed by atoms with E-state index < -0.39 is 5.60 Å². The predicted octanol–water partition coefficient (Wildman–Crippen LogP) is 2.62. The third-order valence-corrected chi connectivity index (χ3v) is 2.78. The molecule has 1 heterocycles. The van der Waals surface area contributed by atoms with Gasteiger partial charge >= 0.3 is 0 Å². The van der Waals surface area contributed by atoms with Gasteiger partial charge in [0.1, 0.15) is 0 Å². The van der Waals surface area contributed by atoms with Gasteiger partial charge in [-0.1, -0.05) is 20.3 Å². The van der Waals surface area contributed by atoms with Crippen LogP contribution in [-0.2, 0) is 4.74 Å². The molecule has 0 spiro atoms. The van der Waals surface area contributed by atoms with Gasteiger partial charge in [0.05, 0.1) is 18.5 Å². The molecular weight excluding hydrogens is 164 g/mol. The van der Waals surface area contributed by atoms with E-state index in [4.69, 9.17) is 4.74 Å². The van der Waals surface area contributed by atoms with Crippen LogP contribution in [0.1, 0.15) is 46.0 Å². The van der Waals surface area contributed by atoms with Gasteiger partial charge in [-0.3, -0.25) is 0 Å². The fourth-order valence-corrected chi connectivity index (χ4v) is 1.88. The van der Waals surface area contributed by atoms with Crippen LogP contribution in [0, 0.1) is 0 Å². The van der Waals surface area contributed by atoms with Crippen LogP contribution in [0.3, 0.4) is 0 Å². The van der Waals surface area contributed by atoms with Crippen LogP contribution in [0.15, 0.2) is 11.8 Å². The Balaban J connectivity index is 2.68. The first kappa shape index (κ1) is 10.6. The molecule has 1 unspecified atom stereocenters. The maximum atomic E-state index is 10.3. The summed E-state index contributed by atoms with van der Waals surface area (Å²) < 4.78 is 5.25. The zero-order chi connectivity index (χ0) is 9.73. The highest BCUT2D eigenvalue weighted by Crippen LogP contribution is 2.31. The smallest absolute Gasteiger partial charge is 0.0886 e. The largest absolute Gasteiger partial charge is 0.501 e. The Bertz CT molecular complexity index is 187. The number of aliphatic hydroxyl groups is 1. The SMILES string of the molecule is CCCC(O)(CC)C1=COCCC1. The van der Waals surface area contributed by atoms with Gasteiger partial charge in [0.15, 0.2) is 0 Å². The summed E-state index contributed by atoms with van der Waals surface area (Å²) >= 11 is 0. The van der Waals surface area contributed by atoms with Gasteiger partial charge in [0, 0.05) is 0 Å². The van der Waals surface area contributed by atoms with Crippen molar-refractivity contribution in [2.24, 2.45) is 0 Å². The Kier molecular flexibility index (Phi) is 3.79. The number of ether oxygens (including phenoxy) is 1. The van der Waals surface area contributed by atoms with Gasteiger partial charge in [-0.05, 0) is 31.3 Å². The second-order valence-corrected chi connectivity index (χ2v) is 3.75. The third kappa shape index (κ3) is 2.47. The summed E-state index contributed by atoms with van der Waals surface area (Å²) in [5.41, 5.74) is 0.484. The number of hydrogen-bond donors (Lipinski definition) is 1. The first-order valence-electron chi connectivity index (χ1n) is 5.26. The van der Waals surface area contributed by atoms with Gasteiger partial charge in [0.2, 0.25) is 0 Å². The van der Waals surface area contributed by atoms with Crippen molar-refractivity contribution in [3.05, 3.63) is 11.8 Å². The van der Waals surface area contributed by atoms with Gasteiger partial charge in [0.25, 0.3) is 0 Å². The zero-order valence-electron chi connectivity index (χ0n) is 8.68. The van der Waals surface area contributed by atoms with Crippen LogP contribution in [0.25, 0.3) is 0 Å². The van der Waals surface area contributed by atoms with Crippen LogP contribution in [0.4, 0.5) is 0 Å². The van der Waals surface area contributed by atoms with Crippen LogP contribution in [0.2, 0.25) is 0 Å². The molecule has 0 saturated heterocycles. The molecule has 1 aliphatic heterocycles. The topological polar surface area (TPSA) is 29.5 Å². The lowest BCUT2D eigenvalue weighted by Crippen LogP contribution is -2.31. The van der Waals surface area contributed by atoms with E-state index in [0.29, 0.717) is 0 Å². The number of hydrogen-bond acceptors (Lipinski definition) is 2. The fraction of sp³-hybridized carbons (Fsp3) is 0.818. The quantitative estimate of drug-likeness (QED) is 0.727. The number of rotatable bonds is 4. The molecule has 0 radical (unpaired) electrons. The first-order valence-corrected chi connectivity index (χ1v) is 5.26. The Hall–Kier alpha value is -0.500. The van der Waals surface area contributed by atoms with Gasteiger partial charge in [-0.2, -0.15) is 0 Å². The van der Waals surface area contributed by atoms with Gasteiger partial charge in [-0.25, -0.2) is 0 Å². The molecule has 0 aromatic carbocycles. The average Bonchev–Trinajstić information content (AvgIpc) is 2.19. The average molecular weight is 184 g/mol. The van der Waals surface area contributed by atoms with Crippen molar-refractivity contribution in [3.63, 3.8) is 0 Å². The minimum absolute atomic E-state index is 0.602. The van der Waals surface area contributed by atoms with E-state index in [1.165, 1.54) is 0 Å². The van der Waals surface area contributed by atoms with E-state index in [1.54, 1.807) is 6.26 Å². The fourth-order valence-electron chi connectivity index (χ4n) is 1.88. The Labute approximate surface area is 80.6 Å².